The summed E-state index contributed by atoms with van der Waals surface area (Å²) in [6, 6.07) is 0. The Labute approximate surface area is 120 Å². The van der Waals surface area contributed by atoms with Crippen molar-refractivity contribution < 1.29 is 22.7 Å². The molecule has 1 saturated heterocycles. The van der Waals surface area contributed by atoms with E-state index in [0.717, 1.165) is 17.8 Å². The van der Waals surface area contributed by atoms with Gasteiger partial charge in [-0.25, -0.2) is 0 Å². The van der Waals surface area contributed by atoms with Gasteiger partial charge < -0.3 is 10.1 Å². The number of alkyl halides is 3. The third kappa shape index (κ3) is 2.83. The Kier molecular flexibility index (Phi) is 3.53. The van der Waals surface area contributed by atoms with Crippen LogP contribution in [0.1, 0.15) is 23.7 Å². The van der Waals surface area contributed by atoms with Crippen molar-refractivity contribution >= 4 is 22.2 Å². The fourth-order valence-electron chi connectivity index (χ4n) is 1.97. The number of fused-ring (bicyclic) bond motifs is 1. The second-order valence-electron chi connectivity index (χ2n) is 4.43. The highest BCUT2D eigenvalue weighted by Crippen LogP contribution is 2.28. The van der Waals surface area contributed by atoms with Gasteiger partial charge in [-0.3, -0.25) is 4.79 Å². The summed E-state index contributed by atoms with van der Waals surface area (Å²) in [5, 5.41) is 13.2. The van der Waals surface area contributed by atoms with Crippen LogP contribution in [0.15, 0.2) is 0 Å². The molecule has 1 unspecified atom stereocenters. The van der Waals surface area contributed by atoms with E-state index in [9.17, 15) is 18.0 Å². The van der Waals surface area contributed by atoms with E-state index in [2.05, 4.69) is 20.6 Å². The van der Waals surface area contributed by atoms with E-state index in [1.807, 2.05) is 0 Å². The lowest BCUT2D eigenvalue weighted by Gasteiger charge is -2.08. The number of halogens is 3. The maximum Gasteiger partial charge on any atom is 0.453 e. The van der Waals surface area contributed by atoms with E-state index in [1.54, 1.807) is 0 Å². The molecule has 0 radical (unpaired) electrons. The molecule has 3 heterocycles. The molecule has 1 N–H and O–H groups in total. The number of nitrogens with zero attached hydrogens (tertiary/aromatic N) is 4. The van der Waals surface area contributed by atoms with Crippen LogP contribution in [0.5, 0.6) is 0 Å². The summed E-state index contributed by atoms with van der Waals surface area (Å²) in [5.41, 5.74) is 0. The van der Waals surface area contributed by atoms with Gasteiger partial charge in [0.05, 0.1) is 6.54 Å². The van der Waals surface area contributed by atoms with Crippen LogP contribution in [0, 0.1) is 0 Å². The van der Waals surface area contributed by atoms with Crippen LogP contribution in [0.3, 0.4) is 0 Å². The third-order valence-corrected chi connectivity index (χ3v) is 3.82. The van der Waals surface area contributed by atoms with Crippen molar-refractivity contribution in [3.8, 4) is 0 Å². The Hall–Kier alpha value is -1.75. The molecule has 1 atom stereocenters. The first-order chi connectivity index (χ1) is 9.95. The summed E-state index contributed by atoms with van der Waals surface area (Å²) in [6.45, 7) is 0.577. The number of nitrogens with one attached hydrogen (secondary N) is 1. The fourth-order valence-corrected chi connectivity index (χ4v) is 2.74. The second kappa shape index (κ2) is 5.22. The normalized spacial score (nSPS) is 19.3. The first-order valence-electron chi connectivity index (χ1n) is 6.13. The fraction of sp³-hybridized carbons (Fsp3) is 0.600. The van der Waals surface area contributed by atoms with Gasteiger partial charge in [-0.05, 0) is 12.8 Å². The molecule has 2 aromatic rings. The van der Waals surface area contributed by atoms with Crippen LogP contribution >= 0.6 is 11.3 Å². The van der Waals surface area contributed by atoms with Gasteiger partial charge in [0, 0.05) is 6.61 Å². The number of amides is 1. The van der Waals surface area contributed by atoms with Gasteiger partial charge >= 0.3 is 6.18 Å². The van der Waals surface area contributed by atoms with Crippen LogP contribution in [0.2, 0.25) is 0 Å². The van der Waals surface area contributed by atoms with Crippen molar-refractivity contribution in [3.05, 3.63) is 10.8 Å². The molecule has 3 rings (SSSR count). The van der Waals surface area contributed by atoms with Gasteiger partial charge in [-0.2, -0.15) is 22.8 Å². The summed E-state index contributed by atoms with van der Waals surface area (Å²) >= 11 is 0.941. The number of rotatable bonds is 3. The van der Waals surface area contributed by atoms with Crippen molar-refractivity contribution in [2.45, 2.75) is 31.7 Å². The predicted octanol–water partition coefficient (Wildman–Crippen LogP) is 1.000. The molecule has 1 aliphatic rings. The van der Waals surface area contributed by atoms with Gasteiger partial charge in [-0.1, -0.05) is 11.3 Å². The van der Waals surface area contributed by atoms with Crippen molar-refractivity contribution in [2.24, 2.45) is 0 Å². The molecule has 0 aliphatic carbocycles. The molecular formula is C10H10F3N5O2S. The zero-order valence-electron chi connectivity index (χ0n) is 10.6. The van der Waals surface area contributed by atoms with Crippen LogP contribution < -0.4 is 5.32 Å². The highest BCUT2D eigenvalue weighted by atomic mass is 32.1. The number of carbonyl (C=O) groups is 1. The quantitative estimate of drug-likeness (QED) is 0.912. The number of hydrogen-bond acceptors (Lipinski definition) is 6. The molecule has 1 fully saturated rings. The van der Waals surface area contributed by atoms with Crippen molar-refractivity contribution in [2.75, 3.05) is 6.61 Å². The minimum Gasteiger partial charge on any atom is -0.368 e. The first kappa shape index (κ1) is 14.2. The van der Waals surface area contributed by atoms with Crippen molar-refractivity contribution in [3.63, 3.8) is 0 Å². The van der Waals surface area contributed by atoms with Gasteiger partial charge in [0.2, 0.25) is 10.9 Å². The molecule has 7 nitrogen and oxygen atoms in total. The topological polar surface area (TPSA) is 81.4 Å². The van der Waals surface area contributed by atoms with Gasteiger partial charge in [0.15, 0.2) is 0 Å². The standard InChI is InChI=1S/C10H10F3N5O2S/c11-10(12,13)8-15-16-9-18(8)17-6(21-9)4-14-7(19)5-2-1-3-20-5/h5H,1-4H2,(H,14,19). The maximum absolute atomic E-state index is 12.6. The molecule has 0 bridgehead atoms. The summed E-state index contributed by atoms with van der Waals surface area (Å²) in [6.07, 6.45) is -3.63. The van der Waals surface area contributed by atoms with Gasteiger partial charge in [-0.15, -0.1) is 10.2 Å². The SMILES string of the molecule is O=C(NCc1nn2c(C(F)(F)F)nnc2s1)C1CCCO1. The molecule has 1 aliphatic heterocycles. The molecule has 11 heteroatoms. The van der Waals surface area contributed by atoms with Crippen LogP contribution in [0.4, 0.5) is 13.2 Å². The highest BCUT2D eigenvalue weighted by Gasteiger charge is 2.38. The first-order valence-corrected chi connectivity index (χ1v) is 6.94. The molecule has 0 aromatic carbocycles. The lowest BCUT2D eigenvalue weighted by Crippen LogP contribution is -2.33. The average Bonchev–Trinajstić information content (AvgIpc) is 3.09. The average molecular weight is 321 g/mol. The largest absolute Gasteiger partial charge is 0.453 e. The van der Waals surface area contributed by atoms with Gasteiger partial charge in [0.25, 0.3) is 5.82 Å². The Morgan fingerprint density at radius 3 is 2.95 bits per heavy atom. The van der Waals surface area contributed by atoms with E-state index in [-0.39, 0.29) is 17.4 Å². The molecule has 0 saturated carbocycles. The lowest BCUT2D eigenvalue weighted by molar-refractivity contribution is -0.146. The van der Waals surface area contributed by atoms with Crippen LogP contribution in [0.25, 0.3) is 4.96 Å². The Morgan fingerprint density at radius 1 is 1.48 bits per heavy atom. The molecule has 2 aromatic heterocycles. The third-order valence-electron chi connectivity index (χ3n) is 2.92. The van der Waals surface area contributed by atoms with E-state index < -0.39 is 18.1 Å². The molecule has 0 spiro atoms. The number of aromatic nitrogens is 4. The Morgan fingerprint density at radius 2 is 2.29 bits per heavy atom. The lowest BCUT2D eigenvalue weighted by atomic mass is 10.2. The summed E-state index contributed by atoms with van der Waals surface area (Å²) < 4.78 is 43.7. The van der Waals surface area contributed by atoms with E-state index in [0.29, 0.717) is 22.6 Å². The smallest absolute Gasteiger partial charge is 0.368 e. The van der Waals surface area contributed by atoms with Crippen LogP contribution in [-0.4, -0.2) is 38.4 Å². The van der Waals surface area contributed by atoms with Crippen LogP contribution in [-0.2, 0) is 22.3 Å². The predicted molar refractivity (Wildman–Crippen MR) is 64.5 cm³/mol. The number of hydrogen-bond donors (Lipinski definition) is 1. The molecule has 21 heavy (non-hydrogen) atoms. The van der Waals surface area contributed by atoms with E-state index in [4.69, 9.17) is 4.74 Å². The monoisotopic (exact) mass is 321 g/mol. The number of carbonyl (C=O) groups excluding carboxylic acids is 1. The summed E-state index contributed by atoms with van der Waals surface area (Å²) in [4.78, 5) is 11.8. The van der Waals surface area contributed by atoms with E-state index >= 15 is 0 Å². The Bertz CT molecular complexity index is 661. The zero-order valence-corrected chi connectivity index (χ0v) is 11.4. The zero-order chi connectivity index (χ0) is 15.0. The molecular weight excluding hydrogens is 311 g/mol. The minimum absolute atomic E-state index is 0.0312. The summed E-state index contributed by atoms with van der Waals surface area (Å²) in [7, 11) is 0. The Balaban J connectivity index is 1.70. The van der Waals surface area contributed by atoms with Gasteiger partial charge in [0.1, 0.15) is 11.1 Å². The van der Waals surface area contributed by atoms with Crippen molar-refractivity contribution in [1.82, 2.24) is 25.1 Å². The van der Waals surface area contributed by atoms with Crippen molar-refractivity contribution in [1.29, 1.82) is 0 Å². The minimum atomic E-state index is -4.62. The summed E-state index contributed by atoms with van der Waals surface area (Å²) in [5.74, 6) is -1.46. The molecule has 1 amide bonds. The second-order valence-corrected chi connectivity index (χ2v) is 5.47. The molecule has 114 valence electrons. The maximum atomic E-state index is 12.6. The highest BCUT2D eigenvalue weighted by molar-refractivity contribution is 7.16. The van der Waals surface area contributed by atoms with E-state index in [1.165, 1.54) is 0 Å². The number of ether oxygens (including phenoxy) is 1.